The predicted molar refractivity (Wildman–Crippen MR) is 64.6 cm³/mol. The molecule has 1 saturated heterocycles. The van der Waals surface area contributed by atoms with E-state index in [-0.39, 0.29) is 5.25 Å². The van der Waals surface area contributed by atoms with E-state index in [0.29, 0.717) is 18.2 Å². The first-order valence-electron chi connectivity index (χ1n) is 5.70. The second-order valence-corrected chi connectivity index (χ2v) is 6.45. The number of ether oxygens (including phenoxy) is 1. The molecular weight excluding hydrogens is 210 g/mol. The molecule has 3 nitrogen and oxygen atoms in total. The van der Waals surface area contributed by atoms with Gasteiger partial charge in [-0.05, 0) is 33.6 Å². The van der Waals surface area contributed by atoms with Crippen molar-refractivity contribution in [3.8, 4) is 0 Å². The topological polar surface area (TPSA) is 38.3 Å². The van der Waals surface area contributed by atoms with Crippen molar-refractivity contribution in [2.24, 2.45) is 0 Å². The number of nitrogens with one attached hydrogen (secondary N) is 1. The number of hydrogen-bond acceptors (Lipinski definition) is 3. The van der Waals surface area contributed by atoms with Gasteiger partial charge >= 0.3 is 0 Å². The molecule has 1 fully saturated rings. The maximum atomic E-state index is 11.2. The summed E-state index contributed by atoms with van der Waals surface area (Å²) in [5.41, 5.74) is 0. The lowest BCUT2D eigenvalue weighted by atomic mass is 10.00. The Bertz CT molecular complexity index is 213. The standard InChI is InChI=1S/C11H23NO2S/c1-8-5-11(6-9(2)14-8)12-7-10(3)15(4)13/h8-12H,5-7H2,1-4H3. The van der Waals surface area contributed by atoms with Crippen LogP contribution in [0.25, 0.3) is 0 Å². The molecule has 0 saturated carbocycles. The quantitative estimate of drug-likeness (QED) is 0.795. The molecule has 90 valence electrons. The highest BCUT2D eigenvalue weighted by Crippen LogP contribution is 2.18. The first-order valence-corrected chi connectivity index (χ1v) is 7.32. The molecule has 1 aliphatic rings. The summed E-state index contributed by atoms with van der Waals surface area (Å²) in [5, 5.41) is 3.73. The maximum Gasteiger partial charge on any atom is 0.0565 e. The van der Waals surface area contributed by atoms with Crippen LogP contribution in [0.2, 0.25) is 0 Å². The second kappa shape index (κ2) is 5.97. The van der Waals surface area contributed by atoms with E-state index in [9.17, 15) is 4.21 Å². The van der Waals surface area contributed by atoms with Crippen molar-refractivity contribution >= 4 is 10.8 Å². The summed E-state index contributed by atoms with van der Waals surface area (Å²) in [6, 6.07) is 0.523. The molecule has 1 aliphatic heterocycles. The highest BCUT2D eigenvalue weighted by atomic mass is 32.2. The van der Waals surface area contributed by atoms with Gasteiger partial charge in [0, 0.05) is 34.9 Å². The fourth-order valence-corrected chi connectivity index (χ4v) is 2.35. The lowest BCUT2D eigenvalue weighted by molar-refractivity contribution is -0.0419. The van der Waals surface area contributed by atoms with Gasteiger partial charge in [-0.25, -0.2) is 0 Å². The summed E-state index contributed by atoms with van der Waals surface area (Å²) in [5.74, 6) is 0. The van der Waals surface area contributed by atoms with Gasteiger partial charge in [-0.2, -0.15) is 0 Å². The Morgan fingerprint density at radius 1 is 1.40 bits per heavy atom. The summed E-state index contributed by atoms with van der Waals surface area (Å²) in [6.07, 6.45) is 4.57. The average molecular weight is 233 g/mol. The van der Waals surface area contributed by atoms with Crippen molar-refractivity contribution in [1.82, 2.24) is 5.32 Å². The van der Waals surface area contributed by atoms with Crippen molar-refractivity contribution in [3.63, 3.8) is 0 Å². The van der Waals surface area contributed by atoms with Crippen molar-refractivity contribution in [2.45, 2.75) is 57.1 Å². The predicted octanol–water partition coefficient (Wildman–Crippen LogP) is 1.30. The molecule has 15 heavy (non-hydrogen) atoms. The molecule has 0 bridgehead atoms. The molecule has 4 unspecified atom stereocenters. The van der Waals surface area contributed by atoms with Crippen molar-refractivity contribution in [3.05, 3.63) is 0 Å². The van der Waals surface area contributed by atoms with Gasteiger partial charge in [0.25, 0.3) is 0 Å². The number of rotatable bonds is 4. The minimum atomic E-state index is -0.726. The molecule has 4 atom stereocenters. The van der Waals surface area contributed by atoms with Crippen LogP contribution in [0.5, 0.6) is 0 Å². The molecule has 1 heterocycles. The zero-order valence-electron chi connectivity index (χ0n) is 10.2. The highest BCUT2D eigenvalue weighted by Gasteiger charge is 2.24. The third-order valence-corrected chi connectivity index (χ3v) is 4.26. The van der Waals surface area contributed by atoms with Crippen LogP contribution in [0.15, 0.2) is 0 Å². The highest BCUT2D eigenvalue weighted by molar-refractivity contribution is 7.84. The van der Waals surface area contributed by atoms with Crippen LogP contribution in [-0.4, -0.2) is 40.5 Å². The van der Waals surface area contributed by atoms with Gasteiger partial charge in [0.15, 0.2) is 0 Å². The Hall–Kier alpha value is 0.0700. The molecule has 0 aromatic heterocycles. The van der Waals surface area contributed by atoms with Gasteiger partial charge in [-0.15, -0.1) is 0 Å². The van der Waals surface area contributed by atoms with Crippen LogP contribution in [0.1, 0.15) is 33.6 Å². The van der Waals surface area contributed by atoms with E-state index in [1.54, 1.807) is 6.26 Å². The largest absolute Gasteiger partial charge is 0.375 e. The molecule has 1 N–H and O–H groups in total. The normalized spacial score (nSPS) is 36.1. The van der Waals surface area contributed by atoms with Crippen molar-refractivity contribution in [2.75, 3.05) is 12.8 Å². The molecule has 0 radical (unpaired) electrons. The van der Waals surface area contributed by atoms with Crippen LogP contribution < -0.4 is 5.32 Å². The molecule has 0 spiro atoms. The minimum Gasteiger partial charge on any atom is -0.375 e. The molecular formula is C11H23NO2S. The second-order valence-electron chi connectivity index (χ2n) is 4.64. The smallest absolute Gasteiger partial charge is 0.0565 e. The van der Waals surface area contributed by atoms with Gasteiger partial charge in [0.05, 0.1) is 12.2 Å². The van der Waals surface area contributed by atoms with Crippen LogP contribution in [0.3, 0.4) is 0 Å². The van der Waals surface area contributed by atoms with Crippen LogP contribution in [-0.2, 0) is 15.5 Å². The maximum absolute atomic E-state index is 11.2. The zero-order chi connectivity index (χ0) is 11.4. The third kappa shape index (κ3) is 4.62. The van der Waals surface area contributed by atoms with Gasteiger partial charge in [-0.1, -0.05) is 0 Å². The van der Waals surface area contributed by atoms with Crippen molar-refractivity contribution < 1.29 is 8.95 Å². The van der Waals surface area contributed by atoms with Crippen LogP contribution >= 0.6 is 0 Å². The molecule has 0 aromatic carbocycles. The SMILES string of the molecule is CC1CC(NCC(C)S(C)=O)CC(C)O1. The van der Waals surface area contributed by atoms with Crippen LogP contribution in [0.4, 0.5) is 0 Å². The lowest BCUT2D eigenvalue weighted by Crippen LogP contribution is -2.44. The Balaban J connectivity index is 2.29. The fraction of sp³-hybridized carbons (Fsp3) is 1.00. The van der Waals surface area contributed by atoms with Gasteiger partial charge in [0.1, 0.15) is 0 Å². The molecule has 0 amide bonds. The van der Waals surface area contributed by atoms with E-state index in [2.05, 4.69) is 19.2 Å². The van der Waals surface area contributed by atoms with Crippen molar-refractivity contribution in [1.29, 1.82) is 0 Å². The first-order chi connectivity index (χ1) is 6.99. The molecule has 1 rings (SSSR count). The van der Waals surface area contributed by atoms with E-state index in [0.717, 1.165) is 19.4 Å². The van der Waals surface area contributed by atoms with Gasteiger partial charge in [-0.3, -0.25) is 4.21 Å². The lowest BCUT2D eigenvalue weighted by Gasteiger charge is -2.33. The minimum absolute atomic E-state index is 0.235. The van der Waals surface area contributed by atoms with Crippen LogP contribution in [0, 0.1) is 0 Å². The summed E-state index contributed by atoms with van der Waals surface area (Å²) in [7, 11) is -0.726. The molecule has 4 heteroatoms. The van der Waals surface area contributed by atoms with Gasteiger partial charge in [0.2, 0.25) is 0 Å². The van der Waals surface area contributed by atoms with E-state index < -0.39 is 10.8 Å². The monoisotopic (exact) mass is 233 g/mol. The number of hydrogen-bond donors (Lipinski definition) is 1. The summed E-state index contributed by atoms with van der Waals surface area (Å²) < 4.78 is 16.9. The van der Waals surface area contributed by atoms with E-state index >= 15 is 0 Å². The Morgan fingerprint density at radius 3 is 2.40 bits per heavy atom. The Kier molecular flexibility index (Phi) is 5.23. The summed E-state index contributed by atoms with van der Waals surface area (Å²) in [6.45, 7) is 7.10. The van der Waals surface area contributed by atoms with E-state index in [1.165, 1.54) is 0 Å². The molecule has 0 aliphatic carbocycles. The Labute approximate surface area is 95.4 Å². The van der Waals surface area contributed by atoms with E-state index in [4.69, 9.17) is 4.74 Å². The first kappa shape index (κ1) is 13.1. The summed E-state index contributed by atoms with van der Waals surface area (Å²) >= 11 is 0. The van der Waals surface area contributed by atoms with Gasteiger partial charge < -0.3 is 10.1 Å². The summed E-state index contributed by atoms with van der Waals surface area (Å²) in [4.78, 5) is 0. The third-order valence-electron chi connectivity index (χ3n) is 2.96. The van der Waals surface area contributed by atoms with E-state index in [1.807, 2.05) is 6.92 Å². The Morgan fingerprint density at radius 2 is 1.93 bits per heavy atom. The zero-order valence-corrected chi connectivity index (χ0v) is 11.0. The average Bonchev–Trinajstić information content (AvgIpc) is 2.12. The molecule has 0 aromatic rings. The fourth-order valence-electron chi connectivity index (χ4n) is 2.02.